The van der Waals surface area contributed by atoms with E-state index in [1.807, 2.05) is 133 Å². The molecular formula is C57H36N4O. The van der Waals surface area contributed by atoms with Crippen LogP contribution in [0.5, 0.6) is 0 Å². The second-order valence-corrected chi connectivity index (χ2v) is 14.7. The van der Waals surface area contributed by atoms with Crippen molar-refractivity contribution < 1.29 is 20.9 Å². The zero-order valence-electron chi connectivity index (χ0n) is 44.6. The standard InChI is InChI=1S/C57H36N4O/c1-4-16-37(17-5-1)40-22-14-23-42(34-40)44-26-15-28-51(61-49-27-12-10-24-45(49)48-35-41(31-33-50(48)61)38-18-6-2-7-19-38)54(44)57-59-55(39-20-8-3-9-21-39)58-56(60-57)43-30-32-47-46-25-11-13-29-52(46)62-53(47)36-43/h1-36H/i2D,6D,7D,10D,12D,18D,19D,24D,27D,31D,33D,35D. The molecule has 5 nitrogen and oxygen atoms in total. The van der Waals surface area contributed by atoms with E-state index in [0.29, 0.717) is 44.8 Å². The third-order valence-corrected chi connectivity index (χ3v) is 11.0. The first kappa shape index (κ1) is 25.3. The average molecular weight is 805 g/mol. The van der Waals surface area contributed by atoms with E-state index >= 15 is 0 Å². The molecule has 12 aromatic rings. The minimum Gasteiger partial charge on any atom is -0.456 e. The lowest BCUT2D eigenvalue weighted by Crippen LogP contribution is -2.05. The van der Waals surface area contributed by atoms with Gasteiger partial charge in [0.2, 0.25) is 0 Å². The van der Waals surface area contributed by atoms with Crippen molar-refractivity contribution in [2.75, 3.05) is 0 Å². The smallest absolute Gasteiger partial charge is 0.166 e. The highest BCUT2D eigenvalue weighted by Crippen LogP contribution is 2.43. The molecular weight excluding hydrogens is 757 g/mol. The first-order chi connectivity index (χ1) is 35.7. The Bertz CT molecular complexity index is 4320. The third kappa shape index (κ3) is 6.06. The van der Waals surface area contributed by atoms with Crippen molar-refractivity contribution >= 4 is 43.7 Å². The second kappa shape index (κ2) is 14.7. The lowest BCUT2D eigenvalue weighted by atomic mass is 9.94. The largest absolute Gasteiger partial charge is 0.456 e. The fraction of sp³-hybridized carbons (Fsp3) is 0. The molecule has 0 aliphatic rings. The highest BCUT2D eigenvalue weighted by Gasteiger charge is 2.23. The molecule has 62 heavy (non-hydrogen) atoms. The minimum absolute atomic E-state index is 0.129. The summed E-state index contributed by atoms with van der Waals surface area (Å²) in [5.41, 5.74) is 4.96. The molecule has 0 saturated carbocycles. The first-order valence-electron chi connectivity index (χ1n) is 25.9. The molecule has 0 unspecified atom stereocenters. The first-order valence-corrected chi connectivity index (χ1v) is 19.9. The van der Waals surface area contributed by atoms with Gasteiger partial charge in [-0.25, -0.2) is 15.0 Å². The van der Waals surface area contributed by atoms with Crippen molar-refractivity contribution in [1.82, 2.24) is 19.5 Å². The molecule has 0 spiro atoms. The summed E-state index contributed by atoms with van der Waals surface area (Å²) >= 11 is 0. The van der Waals surface area contributed by atoms with E-state index in [2.05, 4.69) is 0 Å². The van der Waals surface area contributed by atoms with Crippen LogP contribution in [0.3, 0.4) is 0 Å². The Morgan fingerprint density at radius 2 is 1.05 bits per heavy atom. The van der Waals surface area contributed by atoms with Crippen molar-refractivity contribution in [2.24, 2.45) is 0 Å². The normalized spacial score (nSPS) is 14.3. The number of furan rings is 1. The quantitative estimate of drug-likeness (QED) is 0.161. The number of hydrogen-bond donors (Lipinski definition) is 0. The van der Waals surface area contributed by atoms with E-state index in [0.717, 1.165) is 21.9 Å². The third-order valence-electron chi connectivity index (χ3n) is 11.0. The Kier molecular flexibility index (Phi) is 5.99. The molecule has 290 valence electrons. The highest BCUT2D eigenvalue weighted by atomic mass is 16.3. The maximum atomic E-state index is 9.85. The summed E-state index contributed by atoms with van der Waals surface area (Å²) in [6.45, 7) is 0. The molecule has 12 rings (SSSR count). The monoisotopic (exact) mass is 804 g/mol. The van der Waals surface area contributed by atoms with Gasteiger partial charge in [0, 0.05) is 32.7 Å². The van der Waals surface area contributed by atoms with Crippen molar-refractivity contribution in [2.45, 2.75) is 0 Å². The number of para-hydroxylation sites is 2. The Morgan fingerprint density at radius 3 is 1.90 bits per heavy atom. The Morgan fingerprint density at radius 1 is 0.387 bits per heavy atom. The fourth-order valence-electron chi connectivity index (χ4n) is 8.15. The van der Waals surface area contributed by atoms with Crippen LogP contribution >= 0.6 is 0 Å². The van der Waals surface area contributed by atoms with E-state index in [1.165, 1.54) is 4.57 Å². The average Bonchev–Trinajstić information content (AvgIpc) is 4.02. The van der Waals surface area contributed by atoms with Gasteiger partial charge in [0.1, 0.15) is 11.2 Å². The van der Waals surface area contributed by atoms with E-state index in [9.17, 15) is 6.85 Å². The van der Waals surface area contributed by atoms with Crippen LogP contribution < -0.4 is 0 Å². The summed E-state index contributed by atoms with van der Waals surface area (Å²) in [7, 11) is 0. The molecule has 5 heteroatoms. The van der Waals surface area contributed by atoms with E-state index in [1.54, 1.807) is 12.1 Å². The molecule has 0 radical (unpaired) electrons. The van der Waals surface area contributed by atoms with Gasteiger partial charge in [-0.3, -0.25) is 0 Å². The molecule has 3 aromatic heterocycles. The summed E-state index contributed by atoms with van der Waals surface area (Å²) in [5.74, 6) is 0.694. The Hall–Kier alpha value is -8.41. The van der Waals surface area contributed by atoms with E-state index in [-0.39, 0.29) is 39.1 Å². The second-order valence-electron chi connectivity index (χ2n) is 14.7. The number of fused-ring (bicyclic) bond motifs is 6. The summed E-state index contributed by atoms with van der Waals surface area (Å²) in [6.07, 6.45) is 0. The van der Waals surface area contributed by atoms with Crippen molar-refractivity contribution in [3.05, 3.63) is 218 Å². The number of rotatable bonds is 7. The molecule has 9 aromatic carbocycles. The van der Waals surface area contributed by atoms with Gasteiger partial charge in [0.05, 0.1) is 38.7 Å². The van der Waals surface area contributed by atoms with Gasteiger partial charge < -0.3 is 8.98 Å². The SMILES string of the molecule is [2H]c1c([2H])c([2H])c(-c2c([2H])c([2H])c3c(c2[2H])c2c([2H])c([2H])c([2H])c([2H])c2n3-c2cccc(-c3cccc(-c4ccccc4)c3)c2-c2nc(-c3ccccc3)nc(-c3ccc4c(c3)oc3ccccc34)n2)c([2H])c1[2H]. The van der Waals surface area contributed by atoms with Gasteiger partial charge in [0.15, 0.2) is 17.5 Å². The van der Waals surface area contributed by atoms with Gasteiger partial charge in [-0.15, -0.1) is 0 Å². The van der Waals surface area contributed by atoms with Crippen LogP contribution in [-0.2, 0) is 0 Å². The molecule has 0 aliphatic heterocycles. The molecule has 0 fully saturated rings. The van der Waals surface area contributed by atoms with Crippen LogP contribution in [0.1, 0.15) is 16.4 Å². The van der Waals surface area contributed by atoms with Crippen molar-refractivity contribution in [3.8, 4) is 73.2 Å². The van der Waals surface area contributed by atoms with Gasteiger partial charge in [-0.05, 0) is 81.8 Å². The van der Waals surface area contributed by atoms with Crippen LogP contribution in [0.25, 0.3) is 117 Å². The lowest BCUT2D eigenvalue weighted by Gasteiger charge is -2.19. The summed E-state index contributed by atoms with van der Waals surface area (Å²) in [5, 5.41) is 1.46. The summed E-state index contributed by atoms with van der Waals surface area (Å²) in [6, 6.07) is 38.2. The molecule has 0 saturated heterocycles. The number of hydrogen-bond acceptors (Lipinski definition) is 4. The summed E-state index contributed by atoms with van der Waals surface area (Å²) < 4.78 is 117. The zero-order valence-corrected chi connectivity index (χ0v) is 32.6. The van der Waals surface area contributed by atoms with Crippen molar-refractivity contribution in [3.63, 3.8) is 0 Å². The molecule has 0 amide bonds. The molecule has 0 bridgehead atoms. The predicted molar refractivity (Wildman–Crippen MR) is 254 cm³/mol. The van der Waals surface area contributed by atoms with Crippen LogP contribution in [0.4, 0.5) is 0 Å². The molecule has 0 aliphatic carbocycles. The Balaban J connectivity index is 1.23. The molecule has 3 heterocycles. The van der Waals surface area contributed by atoms with Crippen LogP contribution in [0.2, 0.25) is 0 Å². The topological polar surface area (TPSA) is 56.7 Å². The number of benzene rings is 9. The van der Waals surface area contributed by atoms with Gasteiger partial charge in [-0.1, -0.05) is 170 Å². The molecule has 0 atom stereocenters. The predicted octanol–water partition coefficient (Wildman–Crippen LogP) is 14.9. The van der Waals surface area contributed by atoms with Crippen LogP contribution in [0, 0.1) is 0 Å². The van der Waals surface area contributed by atoms with E-state index in [4.69, 9.17) is 29.0 Å². The highest BCUT2D eigenvalue weighted by molar-refractivity contribution is 6.11. The maximum absolute atomic E-state index is 9.85. The van der Waals surface area contributed by atoms with Crippen LogP contribution in [0.15, 0.2) is 223 Å². The van der Waals surface area contributed by atoms with Crippen molar-refractivity contribution in [1.29, 1.82) is 0 Å². The minimum atomic E-state index is -0.710. The van der Waals surface area contributed by atoms with Gasteiger partial charge in [0.25, 0.3) is 0 Å². The number of aromatic nitrogens is 4. The maximum Gasteiger partial charge on any atom is 0.166 e. The zero-order chi connectivity index (χ0) is 51.4. The number of nitrogens with zero attached hydrogens (tertiary/aromatic N) is 4. The van der Waals surface area contributed by atoms with Crippen LogP contribution in [-0.4, -0.2) is 19.5 Å². The van der Waals surface area contributed by atoms with E-state index < -0.39 is 83.6 Å². The fourth-order valence-corrected chi connectivity index (χ4v) is 8.15. The van der Waals surface area contributed by atoms with Gasteiger partial charge >= 0.3 is 0 Å². The van der Waals surface area contributed by atoms with Gasteiger partial charge in [-0.2, -0.15) is 0 Å². The Labute approximate surface area is 374 Å². The summed E-state index contributed by atoms with van der Waals surface area (Å²) in [4.78, 5) is 15.5. The molecule has 0 N–H and O–H groups in total. The lowest BCUT2D eigenvalue weighted by molar-refractivity contribution is 0.669.